The van der Waals surface area contributed by atoms with E-state index in [1.54, 1.807) is 0 Å². The first kappa shape index (κ1) is 10.2. The van der Waals surface area contributed by atoms with Crippen molar-refractivity contribution in [1.82, 2.24) is 0 Å². The van der Waals surface area contributed by atoms with E-state index >= 15 is 0 Å². The molecule has 0 heterocycles. The maximum Gasteiger partial charge on any atom is 0.358 e. The molecule has 0 aliphatic carbocycles. The third-order valence-electron chi connectivity index (χ3n) is 1.48. The summed E-state index contributed by atoms with van der Waals surface area (Å²) in [6.45, 7) is 0. The highest BCUT2D eigenvalue weighted by atomic mass is 19.1. The first-order valence-electron chi connectivity index (χ1n) is 3.75. The summed E-state index contributed by atoms with van der Waals surface area (Å²) in [5.41, 5.74) is -0.161. The maximum atomic E-state index is 12.7. The summed E-state index contributed by atoms with van der Waals surface area (Å²) < 4.78 is 12.7. The van der Waals surface area contributed by atoms with Crippen LogP contribution in [0.3, 0.4) is 0 Å². The van der Waals surface area contributed by atoms with Gasteiger partial charge in [0.2, 0.25) is 0 Å². The van der Waals surface area contributed by atoms with Crippen LogP contribution in [0, 0.1) is 5.82 Å². The van der Waals surface area contributed by atoms with Gasteiger partial charge in [-0.1, -0.05) is 17.3 Å². The van der Waals surface area contributed by atoms with Crippen LogP contribution in [0.1, 0.15) is 5.56 Å². The Kier molecular flexibility index (Phi) is 3.17. The highest BCUT2D eigenvalue weighted by Crippen LogP contribution is 2.05. The molecule has 0 aromatic heterocycles. The van der Waals surface area contributed by atoms with E-state index < -0.39 is 11.8 Å². The molecule has 1 N–H and O–H groups in total. The third kappa shape index (κ3) is 2.29. The summed E-state index contributed by atoms with van der Waals surface area (Å²) >= 11 is 0. The van der Waals surface area contributed by atoms with Gasteiger partial charge in [0.15, 0.2) is 5.71 Å². The molecule has 14 heavy (non-hydrogen) atoms. The Morgan fingerprint density at radius 3 is 2.79 bits per heavy atom. The number of hydrogen-bond acceptors (Lipinski definition) is 3. The number of rotatable bonds is 3. The average molecular weight is 197 g/mol. The molecule has 0 unspecified atom stereocenters. The van der Waals surface area contributed by atoms with Gasteiger partial charge in [-0.05, 0) is 12.1 Å². The molecule has 1 aromatic carbocycles. The number of carbonyl (C=O) groups is 1. The van der Waals surface area contributed by atoms with Crippen molar-refractivity contribution in [3.05, 3.63) is 35.6 Å². The minimum atomic E-state index is -1.27. The fourth-order valence-corrected chi connectivity index (χ4v) is 0.942. The molecule has 1 aromatic rings. The Labute approximate surface area is 79.6 Å². The minimum Gasteiger partial charge on any atom is -0.476 e. The Balaban J connectivity index is 3.12. The molecule has 0 amide bonds. The monoisotopic (exact) mass is 197 g/mol. The van der Waals surface area contributed by atoms with Crippen molar-refractivity contribution in [2.75, 3.05) is 7.11 Å². The highest BCUT2D eigenvalue weighted by molar-refractivity contribution is 6.42. The fraction of sp³-hybridized carbons (Fsp3) is 0.111. The molecule has 0 atom stereocenters. The van der Waals surface area contributed by atoms with E-state index in [1.807, 2.05) is 0 Å². The lowest BCUT2D eigenvalue weighted by molar-refractivity contribution is -0.129. The van der Waals surface area contributed by atoms with E-state index in [-0.39, 0.29) is 11.3 Å². The van der Waals surface area contributed by atoms with Gasteiger partial charge in [-0.2, -0.15) is 0 Å². The standard InChI is InChI=1S/C9H8FNO3/c1-14-11-8(9(12)13)6-3-2-4-7(10)5-6/h2-5H,1H3,(H,12,13)/b11-8+. The summed E-state index contributed by atoms with van der Waals surface area (Å²) in [5, 5.41) is 12.0. The zero-order chi connectivity index (χ0) is 10.6. The number of nitrogens with zero attached hydrogens (tertiary/aromatic N) is 1. The van der Waals surface area contributed by atoms with Gasteiger partial charge in [-0.15, -0.1) is 0 Å². The second-order valence-electron chi connectivity index (χ2n) is 2.44. The van der Waals surface area contributed by atoms with Crippen molar-refractivity contribution < 1.29 is 19.1 Å². The van der Waals surface area contributed by atoms with Crippen LogP contribution in [0.4, 0.5) is 4.39 Å². The molecule has 0 fully saturated rings. The first-order valence-corrected chi connectivity index (χ1v) is 3.75. The molecule has 0 aliphatic heterocycles. The van der Waals surface area contributed by atoms with Gasteiger partial charge in [0.05, 0.1) is 0 Å². The quantitative estimate of drug-likeness (QED) is 0.586. The van der Waals surface area contributed by atoms with Crippen LogP contribution in [0.2, 0.25) is 0 Å². The molecular weight excluding hydrogens is 189 g/mol. The highest BCUT2D eigenvalue weighted by Gasteiger charge is 2.13. The number of oxime groups is 1. The van der Waals surface area contributed by atoms with Crippen molar-refractivity contribution in [2.45, 2.75) is 0 Å². The SMILES string of the molecule is CO/N=C(/C(=O)O)c1cccc(F)c1. The molecule has 0 radical (unpaired) electrons. The molecule has 0 aliphatic rings. The Morgan fingerprint density at radius 1 is 1.57 bits per heavy atom. The molecule has 0 saturated carbocycles. The van der Waals surface area contributed by atoms with Crippen LogP contribution in [-0.4, -0.2) is 23.9 Å². The number of hydrogen-bond donors (Lipinski definition) is 1. The van der Waals surface area contributed by atoms with Gasteiger partial charge in [0.1, 0.15) is 12.9 Å². The predicted molar refractivity (Wildman–Crippen MR) is 47.6 cm³/mol. The second-order valence-corrected chi connectivity index (χ2v) is 2.44. The van der Waals surface area contributed by atoms with E-state index in [0.29, 0.717) is 0 Å². The summed E-state index contributed by atoms with van der Waals surface area (Å²) in [7, 11) is 1.22. The molecular formula is C9H8FNO3. The van der Waals surface area contributed by atoms with Gasteiger partial charge in [0, 0.05) is 5.56 Å². The number of carboxylic acid groups (broad SMARTS) is 1. The van der Waals surface area contributed by atoms with Crippen molar-refractivity contribution in [2.24, 2.45) is 5.16 Å². The smallest absolute Gasteiger partial charge is 0.358 e. The van der Waals surface area contributed by atoms with Gasteiger partial charge in [0.25, 0.3) is 0 Å². The lowest BCUT2D eigenvalue weighted by atomic mass is 10.1. The van der Waals surface area contributed by atoms with E-state index in [9.17, 15) is 9.18 Å². The maximum absolute atomic E-state index is 12.7. The number of aliphatic carboxylic acids is 1. The van der Waals surface area contributed by atoms with E-state index in [1.165, 1.54) is 25.3 Å². The number of carboxylic acids is 1. The van der Waals surface area contributed by atoms with Crippen molar-refractivity contribution in [3.63, 3.8) is 0 Å². The summed E-state index contributed by atoms with van der Waals surface area (Å²) in [6.07, 6.45) is 0. The van der Waals surface area contributed by atoms with E-state index in [4.69, 9.17) is 5.11 Å². The normalized spacial score (nSPS) is 11.1. The Morgan fingerprint density at radius 2 is 2.29 bits per heavy atom. The van der Waals surface area contributed by atoms with Gasteiger partial charge in [-0.25, -0.2) is 9.18 Å². The van der Waals surface area contributed by atoms with Crippen LogP contribution in [0.15, 0.2) is 29.4 Å². The van der Waals surface area contributed by atoms with E-state index in [2.05, 4.69) is 9.99 Å². The molecule has 74 valence electrons. The zero-order valence-corrected chi connectivity index (χ0v) is 7.40. The van der Waals surface area contributed by atoms with Gasteiger partial charge < -0.3 is 9.94 Å². The van der Waals surface area contributed by atoms with Gasteiger partial charge >= 0.3 is 5.97 Å². The van der Waals surface area contributed by atoms with Crippen LogP contribution < -0.4 is 0 Å². The largest absolute Gasteiger partial charge is 0.476 e. The molecule has 1 rings (SSSR count). The molecule has 0 spiro atoms. The molecule has 0 bridgehead atoms. The first-order chi connectivity index (χ1) is 6.65. The van der Waals surface area contributed by atoms with Crippen LogP contribution >= 0.6 is 0 Å². The fourth-order valence-electron chi connectivity index (χ4n) is 0.942. The summed E-state index contributed by atoms with van der Waals surface area (Å²) in [5.74, 6) is -1.79. The van der Waals surface area contributed by atoms with Gasteiger partial charge in [-0.3, -0.25) is 0 Å². The third-order valence-corrected chi connectivity index (χ3v) is 1.48. The molecule has 4 nitrogen and oxygen atoms in total. The number of benzene rings is 1. The lowest BCUT2D eigenvalue weighted by Crippen LogP contribution is -2.14. The Hall–Kier alpha value is -1.91. The van der Waals surface area contributed by atoms with Crippen molar-refractivity contribution in [3.8, 4) is 0 Å². The summed E-state index contributed by atoms with van der Waals surface area (Å²) in [6, 6.07) is 5.13. The Bertz CT molecular complexity index is 376. The topological polar surface area (TPSA) is 58.9 Å². The second kappa shape index (κ2) is 4.36. The minimum absolute atomic E-state index is 0.166. The average Bonchev–Trinajstić information content (AvgIpc) is 2.13. The van der Waals surface area contributed by atoms with Crippen molar-refractivity contribution in [1.29, 1.82) is 0 Å². The van der Waals surface area contributed by atoms with Crippen molar-refractivity contribution >= 4 is 11.7 Å². The molecule has 5 heteroatoms. The van der Waals surface area contributed by atoms with Crippen LogP contribution in [-0.2, 0) is 9.63 Å². The summed E-state index contributed by atoms with van der Waals surface area (Å²) in [4.78, 5) is 15.0. The van der Waals surface area contributed by atoms with Crippen LogP contribution in [0.5, 0.6) is 0 Å². The number of halogens is 1. The zero-order valence-electron chi connectivity index (χ0n) is 7.40. The van der Waals surface area contributed by atoms with Crippen LogP contribution in [0.25, 0.3) is 0 Å². The molecule has 0 saturated heterocycles. The predicted octanol–water partition coefficient (Wildman–Crippen LogP) is 1.26. The van der Waals surface area contributed by atoms with E-state index in [0.717, 1.165) is 6.07 Å². The lowest BCUT2D eigenvalue weighted by Gasteiger charge is -1.99.